The molecule has 32 heavy (non-hydrogen) atoms. The summed E-state index contributed by atoms with van der Waals surface area (Å²) >= 11 is 1.21. The molecule has 0 unspecified atom stereocenters. The quantitative estimate of drug-likeness (QED) is 0.247. The number of nitrogens with one attached hydrogen (secondary N) is 1. The number of carbonyl (C=O) groups excluding carboxylic acids is 1. The first-order chi connectivity index (χ1) is 15.5. The minimum atomic E-state index is -0.525. The third-order valence-corrected chi connectivity index (χ3v) is 5.59. The first kappa shape index (κ1) is 21.3. The number of thioether (sulfide) groups is 1. The highest BCUT2D eigenvalue weighted by Gasteiger charge is 2.19. The first-order valence-electron chi connectivity index (χ1n) is 9.77. The van der Waals surface area contributed by atoms with Crippen molar-refractivity contribution in [2.45, 2.75) is 12.1 Å². The number of anilines is 1. The lowest BCUT2D eigenvalue weighted by molar-refractivity contribution is -0.383. The van der Waals surface area contributed by atoms with E-state index in [4.69, 9.17) is 0 Å². The van der Waals surface area contributed by atoms with Crippen LogP contribution in [0.15, 0.2) is 84.0 Å². The molecule has 0 aliphatic heterocycles. The number of amides is 1. The van der Waals surface area contributed by atoms with Crippen molar-refractivity contribution in [3.8, 4) is 17.1 Å². The fourth-order valence-electron chi connectivity index (χ4n) is 3.12. The van der Waals surface area contributed by atoms with Crippen LogP contribution in [0.4, 0.5) is 11.4 Å². The minimum Gasteiger partial charge on any atom is -0.320 e. The zero-order valence-corrected chi connectivity index (χ0v) is 18.0. The molecule has 0 radical (unpaired) electrons. The van der Waals surface area contributed by atoms with Gasteiger partial charge in [0.2, 0.25) is 5.91 Å². The van der Waals surface area contributed by atoms with Crippen LogP contribution in [0.1, 0.15) is 5.56 Å². The summed E-state index contributed by atoms with van der Waals surface area (Å²) < 4.78 is 1.90. The number of nitrogens with zero attached hydrogens (tertiary/aromatic N) is 4. The summed E-state index contributed by atoms with van der Waals surface area (Å²) in [4.78, 5) is 23.2. The van der Waals surface area contributed by atoms with Crippen molar-refractivity contribution in [1.29, 1.82) is 0 Å². The van der Waals surface area contributed by atoms with Crippen LogP contribution in [-0.2, 0) is 4.79 Å². The summed E-state index contributed by atoms with van der Waals surface area (Å²) in [6, 6.07) is 23.7. The number of benzene rings is 3. The van der Waals surface area contributed by atoms with Gasteiger partial charge in [-0.05, 0) is 25.1 Å². The van der Waals surface area contributed by atoms with Gasteiger partial charge in [-0.2, -0.15) is 0 Å². The molecule has 0 saturated heterocycles. The molecular weight excluding hydrogens is 426 g/mol. The number of rotatable bonds is 7. The molecule has 0 aliphatic rings. The maximum Gasteiger partial charge on any atom is 0.292 e. The van der Waals surface area contributed by atoms with E-state index in [1.807, 2.05) is 66.1 Å². The van der Waals surface area contributed by atoms with Gasteiger partial charge < -0.3 is 5.32 Å². The number of para-hydroxylation sites is 3. The normalized spacial score (nSPS) is 10.7. The van der Waals surface area contributed by atoms with Gasteiger partial charge in [0.15, 0.2) is 11.0 Å². The molecule has 1 N–H and O–H groups in total. The SMILES string of the molecule is Cc1ccc(-c2nnc(SCC(=O)Nc3ccccc3[N+](=O)[O-])n2-c2ccccc2)cc1. The van der Waals surface area contributed by atoms with Gasteiger partial charge in [-0.1, -0.05) is 71.9 Å². The van der Waals surface area contributed by atoms with Crippen molar-refractivity contribution >= 4 is 29.0 Å². The van der Waals surface area contributed by atoms with Crippen LogP contribution in [0.3, 0.4) is 0 Å². The van der Waals surface area contributed by atoms with Gasteiger partial charge in [-0.15, -0.1) is 10.2 Å². The number of hydrogen-bond donors (Lipinski definition) is 1. The Hall–Kier alpha value is -3.98. The molecule has 160 valence electrons. The molecule has 0 spiro atoms. The lowest BCUT2D eigenvalue weighted by atomic mass is 10.1. The highest BCUT2D eigenvalue weighted by molar-refractivity contribution is 7.99. The summed E-state index contributed by atoms with van der Waals surface area (Å²) in [6.07, 6.45) is 0. The molecule has 3 aromatic carbocycles. The molecule has 4 aromatic rings. The average molecular weight is 446 g/mol. The monoisotopic (exact) mass is 445 g/mol. The summed E-state index contributed by atoms with van der Waals surface area (Å²) in [6.45, 7) is 2.02. The maximum atomic E-state index is 12.5. The average Bonchev–Trinajstić information content (AvgIpc) is 3.23. The van der Waals surface area contributed by atoms with Crippen molar-refractivity contribution in [1.82, 2.24) is 14.8 Å². The zero-order chi connectivity index (χ0) is 22.5. The molecule has 0 aliphatic carbocycles. The van der Waals surface area contributed by atoms with Crippen molar-refractivity contribution < 1.29 is 9.72 Å². The van der Waals surface area contributed by atoms with E-state index < -0.39 is 4.92 Å². The molecule has 4 rings (SSSR count). The van der Waals surface area contributed by atoms with Gasteiger partial charge in [0.25, 0.3) is 5.69 Å². The van der Waals surface area contributed by atoms with E-state index in [9.17, 15) is 14.9 Å². The Morgan fingerprint density at radius 2 is 1.69 bits per heavy atom. The fourth-order valence-corrected chi connectivity index (χ4v) is 3.87. The van der Waals surface area contributed by atoms with Crippen LogP contribution < -0.4 is 5.32 Å². The zero-order valence-electron chi connectivity index (χ0n) is 17.1. The van der Waals surface area contributed by atoms with Crippen LogP contribution in [0.2, 0.25) is 0 Å². The van der Waals surface area contributed by atoms with Gasteiger partial charge >= 0.3 is 0 Å². The number of aromatic nitrogens is 3. The van der Waals surface area contributed by atoms with E-state index in [0.717, 1.165) is 16.8 Å². The number of aryl methyl sites for hydroxylation is 1. The van der Waals surface area contributed by atoms with Crippen molar-refractivity contribution in [3.63, 3.8) is 0 Å². The van der Waals surface area contributed by atoms with E-state index in [-0.39, 0.29) is 23.0 Å². The molecule has 0 fully saturated rings. The Morgan fingerprint density at radius 1 is 1.00 bits per heavy atom. The van der Waals surface area contributed by atoms with Crippen molar-refractivity contribution in [3.05, 3.63) is 94.5 Å². The van der Waals surface area contributed by atoms with Gasteiger partial charge in [-0.3, -0.25) is 19.5 Å². The molecule has 9 heteroatoms. The van der Waals surface area contributed by atoms with Crippen LogP contribution in [0.5, 0.6) is 0 Å². The highest BCUT2D eigenvalue weighted by atomic mass is 32.2. The predicted octanol–water partition coefficient (Wildman–Crippen LogP) is 4.88. The molecule has 1 heterocycles. The number of carbonyl (C=O) groups is 1. The molecule has 0 atom stereocenters. The van der Waals surface area contributed by atoms with E-state index in [0.29, 0.717) is 11.0 Å². The van der Waals surface area contributed by atoms with Gasteiger partial charge in [-0.25, -0.2) is 0 Å². The maximum absolute atomic E-state index is 12.5. The third kappa shape index (κ3) is 4.68. The second-order valence-electron chi connectivity index (χ2n) is 6.95. The standard InChI is InChI=1S/C23H19N5O3S/c1-16-11-13-17(14-12-16)22-25-26-23(27(22)18-7-3-2-4-8-18)32-15-21(29)24-19-9-5-6-10-20(19)28(30)31/h2-14H,15H2,1H3,(H,24,29). The summed E-state index contributed by atoms with van der Waals surface area (Å²) in [5, 5.41) is 23.0. The molecule has 8 nitrogen and oxygen atoms in total. The highest BCUT2D eigenvalue weighted by Crippen LogP contribution is 2.29. The van der Waals surface area contributed by atoms with E-state index in [2.05, 4.69) is 15.5 Å². The largest absolute Gasteiger partial charge is 0.320 e. The summed E-state index contributed by atoms with van der Waals surface area (Å²) in [7, 11) is 0. The molecule has 1 aromatic heterocycles. The minimum absolute atomic E-state index is 0.0188. The molecule has 0 saturated carbocycles. The summed E-state index contributed by atoms with van der Waals surface area (Å²) in [5.41, 5.74) is 2.92. The van der Waals surface area contributed by atoms with Crippen LogP contribution in [0, 0.1) is 17.0 Å². The molecule has 0 bridgehead atoms. The van der Waals surface area contributed by atoms with Gasteiger partial charge in [0.1, 0.15) is 5.69 Å². The Bertz CT molecular complexity index is 1260. The van der Waals surface area contributed by atoms with Crippen LogP contribution in [-0.4, -0.2) is 31.3 Å². The Labute approximate surface area is 188 Å². The van der Waals surface area contributed by atoms with E-state index in [1.165, 1.54) is 23.9 Å². The van der Waals surface area contributed by atoms with E-state index >= 15 is 0 Å². The molecular formula is C23H19N5O3S. The van der Waals surface area contributed by atoms with Gasteiger partial charge in [0, 0.05) is 17.3 Å². The van der Waals surface area contributed by atoms with E-state index in [1.54, 1.807) is 12.1 Å². The lowest BCUT2D eigenvalue weighted by Crippen LogP contribution is -2.15. The first-order valence-corrected chi connectivity index (χ1v) is 10.8. The Kier molecular flexibility index (Phi) is 6.27. The number of nitro groups is 1. The van der Waals surface area contributed by atoms with Crippen molar-refractivity contribution in [2.24, 2.45) is 0 Å². The Balaban J connectivity index is 1.58. The predicted molar refractivity (Wildman–Crippen MR) is 124 cm³/mol. The molecule has 1 amide bonds. The second-order valence-corrected chi connectivity index (χ2v) is 7.90. The fraction of sp³-hybridized carbons (Fsp3) is 0.0870. The number of hydrogen-bond acceptors (Lipinski definition) is 6. The smallest absolute Gasteiger partial charge is 0.292 e. The topological polar surface area (TPSA) is 103 Å². The lowest BCUT2D eigenvalue weighted by Gasteiger charge is -2.10. The Morgan fingerprint density at radius 3 is 2.41 bits per heavy atom. The van der Waals surface area contributed by atoms with Gasteiger partial charge in [0.05, 0.1) is 10.7 Å². The third-order valence-electron chi connectivity index (χ3n) is 4.66. The number of nitro benzene ring substituents is 1. The van der Waals surface area contributed by atoms with Crippen LogP contribution >= 0.6 is 11.8 Å². The second kappa shape index (κ2) is 9.44. The van der Waals surface area contributed by atoms with Crippen molar-refractivity contribution in [2.75, 3.05) is 11.1 Å². The van der Waals surface area contributed by atoms with Crippen LogP contribution in [0.25, 0.3) is 17.1 Å². The summed E-state index contributed by atoms with van der Waals surface area (Å²) in [5.74, 6) is 0.312.